The lowest BCUT2D eigenvalue weighted by molar-refractivity contribution is 0.476. The maximum absolute atomic E-state index is 5.30. The molecule has 0 amide bonds. The van der Waals surface area contributed by atoms with Crippen LogP contribution in [-0.4, -0.2) is 56.0 Å². The summed E-state index contributed by atoms with van der Waals surface area (Å²) < 4.78 is 7.10. The van der Waals surface area contributed by atoms with Crippen LogP contribution in [0.3, 0.4) is 0 Å². The average Bonchev–Trinajstić information content (AvgIpc) is 3.35. The van der Waals surface area contributed by atoms with E-state index < -0.39 is 0 Å². The van der Waals surface area contributed by atoms with Crippen molar-refractivity contribution in [2.75, 3.05) is 20.1 Å². The van der Waals surface area contributed by atoms with Crippen molar-refractivity contribution in [3.63, 3.8) is 0 Å². The second-order valence-electron chi connectivity index (χ2n) is 5.95. The topological polar surface area (TPSA) is 100 Å². The molecule has 0 aromatic carbocycles. The Labute approximate surface area is 152 Å². The lowest BCUT2D eigenvalue weighted by atomic mass is 10.3. The van der Waals surface area contributed by atoms with Crippen LogP contribution in [0.15, 0.2) is 40.2 Å². The monoisotopic (exact) mass is 356 g/mol. The molecule has 3 rings (SSSR count). The molecule has 0 atom stereocenters. The van der Waals surface area contributed by atoms with Crippen molar-refractivity contribution < 1.29 is 4.42 Å². The van der Waals surface area contributed by atoms with E-state index in [1.165, 1.54) is 0 Å². The molecule has 9 nitrogen and oxygen atoms in total. The molecular weight excluding hydrogens is 332 g/mol. The SMILES string of the molecule is CCNC(=NCCc1nc(-c2ccco2)n[nH]1)N(C)Cc1cnn(C)c1. The quantitative estimate of drug-likeness (QED) is 0.491. The van der Waals surface area contributed by atoms with Gasteiger partial charge >= 0.3 is 0 Å². The second-order valence-corrected chi connectivity index (χ2v) is 5.95. The van der Waals surface area contributed by atoms with Gasteiger partial charge in [0.25, 0.3) is 0 Å². The standard InChI is InChI=1S/C17H24N8O/c1-4-18-17(24(2)11-13-10-20-25(3)12-13)19-8-7-15-21-16(23-22-15)14-6-5-9-26-14/h5-6,9-10,12H,4,7-8,11H2,1-3H3,(H,18,19)(H,21,22,23). The number of hydrogen-bond acceptors (Lipinski definition) is 5. The number of aliphatic imine (C=N–C) groups is 1. The van der Waals surface area contributed by atoms with Gasteiger partial charge in [0.2, 0.25) is 5.82 Å². The van der Waals surface area contributed by atoms with Crippen LogP contribution < -0.4 is 5.32 Å². The van der Waals surface area contributed by atoms with Crippen LogP contribution in [0.1, 0.15) is 18.3 Å². The number of aromatic nitrogens is 5. The second kappa shape index (κ2) is 8.32. The van der Waals surface area contributed by atoms with Crippen LogP contribution in [0.5, 0.6) is 0 Å². The third-order valence-corrected chi connectivity index (χ3v) is 3.76. The number of aromatic amines is 1. The van der Waals surface area contributed by atoms with Crippen LogP contribution in [0.4, 0.5) is 0 Å². The van der Waals surface area contributed by atoms with E-state index in [2.05, 4.69) is 42.4 Å². The Balaban J connectivity index is 1.58. The van der Waals surface area contributed by atoms with Gasteiger partial charge in [-0.25, -0.2) is 4.98 Å². The fraction of sp³-hybridized carbons (Fsp3) is 0.412. The molecule has 2 N–H and O–H groups in total. The third-order valence-electron chi connectivity index (χ3n) is 3.76. The fourth-order valence-electron chi connectivity index (χ4n) is 2.56. The summed E-state index contributed by atoms with van der Waals surface area (Å²) in [5.41, 5.74) is 1.14. The van der Waals surface area contributed by atoms with Crippen LogP contribution in [0.2, 0.25) is 0 Å². The molecule has 0 saturated heterocycles. The number of rotatable bonds is 7. The van der Waals surface area contributed by atoms with E-state index in [4.69, 9.17) is 4.42 Å². The first-order valence-corrected chi connectivity index (χ1v) is 8.58. The van der Waals surface area contributed by atoms with E-state index in [-0.39, 0.29) is 0 Å². The van der Waals surface area contributed by atoms with Crippen LogP contribution in [0, 0.1) is 0 Å². The Hall–Kier alpha value is -3.10. The average molecular weight is 356 g/mol. The number of guanidine groups is 1. The molecule has 3 aromatic heterocycles. The maximum Gasteiger partial charge on any atom is 0.216 e. The minimum absolute atomic E-state index is 0.564. The van der Waals surface area contributed by atoms with Gasteiger partial charge in [-0.3, -0.25) is 14.8 Å². The Morgan fingerprint density at radius 1 is 1.46 bits per heavy atom. The Morgan fingerprint density at radius 2 is 2.35 bits per heavy atom. The highest BCUT2D eigenvalue weighted by Gasteiger charge is 2.10. The normalized spacial score (nSPS) is 11.7. The summed E-state index contributed by atoms with van der Waals surface area (Å²) >= 11 is 0. The molecule has 0 saturated carbocycles. The highest BCUT2D eigenvalue weighted by molar-refractivity contribution is 5.79. The molecule has 9 heteroatoms. The van der Waals surface area contributed by atoms with E-state index >= 15 is 0 Å². The van der Waals surface area contributed by atoms with Crippen molar-refractivity contribution in [1.82, 2.24) is 35.2 Å². The van der Waals surface area contributed by atoms with Crippen molar-refractivity contribution >= 4 is 5.96 Å². The number of hydrogen-bond donors (Lipinski definition) is 2. The van der Waals surface area contributed by atoms with E-state index in [0.717, 1.165) is 30.4 Å². The molecule has 0 unspecified atom stereocenters. The predicted molar refractivity (Wildman–Crippen MR) is 98.4 cm³/mol. The third kappa shape index (κ3) is 4.50. The van der Waals surface area contributed by atoms with Crippen LogP contribution in [0.25, 0.3) is 11.6 Å². The van der Waals surface area contributed by atoms with Gasteiger partial charge < -0.3 is 14.6 Å². The van der Waals surface area contributed by atoms with Crippen molar-refractivity contribution in [3.8, 4) is 11.6 Å². The summed E-state index contributed by atoms with van der Waals surface area (Å²) in [5, 5.41) is 14.6. The number of H-pyrrole nitrogens is 1. The lowest BCUT2D eigenvalue weighted by Crippen LogP contribution is -2.38. The first-order valence-electron chi connectivity index (χ1n) is 8.58. The molecule has 0 bridgehead atoms. The minimum Gasteiger partial charge on any atom is -0.461 e. The van der Waals surface area contributed by atoms with Gasteiger partial charge in [-0.05, 0) is 19.1 Å². The van der Waals surface area contributed by atoms with Gasteiger partial charge in [0.1, 0.15) is 5.82 Å². The molecule has 0 spiro atoms. The first-order chi connectivity index (χ1) is 12.7. The van der Waals surface area contributed by atoms with Gasteiger partial charge in [0.15, 0.2) is 11.7 Å². The van der Waals surface area contributed by atoms with Crippen LogP contribution >= 0.6 is 0 Å². The zero-order chi connectivity index (χ0) is 18.4. The highest BCUT2D eigenvalue weighted by Crippen LogP contribution is 2.14. The Kier molecular flexibility index (Phi) is 5.67. The van der Waals surface area contributed by atoms with Gasteiger partial charge in [-0.1, -0.05) is 0 Å². The Morgan fingerprint density at radius 3 is 3.04 bits per heavy atom. The summed E-state index contributed by atoms with van der Waals surface area (Å²) in [5.74, 6) is 2.85. The van der Waals surface area contributed by atoms with Gasteiger partial charge in [-0.15, -0.1) is 0 Å². The summed E-state index contributed by atoms with van der Waals surface area (Å²) in [6.07, 6.45) is 6.15. The molecule has 138 valence electrons. The van der Waals surface area contributed by atoms with Gasteiger partial charge in [0.05, 0.1) is 12.5 Å². The summed E-state index contributed by atoms with van der Waals surface area (Å²) in [7, 11) is 3.93. The first kappa shape index (κ1) is 17.7. The van der Waals surface area contributed by atoms with E-state index in [0.29, 0.717) is 24.6 Å². The molecule has 26 heavy (non-hydrogen) atoms. The van der Waals surface area contributed by atoms with Crippen molar-refractivity contribution in [3.05, 3.63) is 42.2 Å². The summed E-state index contributed by atoms with van der Waals surface area (Å²) in [6.45, 7) is 4.21. The molecular formula is C17H24N8O. The number of nitrogens with one attached hydrogen (secondary N) is 2. The molecule has 0 aliphatic rings. The van der Waals surface area contributed by atoms with E-state index in [1.54, 1.807) is 10.9 Å². The molecule has 0 aliphatic heterocycles. The smallest absolute Gasteiger partial charge is 0.216 e. The molecule has 0 aliphatic carbocycles. The zero-order valence-electron chi connectivity index (χ0n) is 15.3. The minimum atomic E-state index is 0.564. The molecule has 3 aromatic rings. The fourth-order valence-corrected chi connectivity index (χ4v) is 2.56. The summed E-state index contributed by atoms with van der Waals surface area (Å²) in [6, 6.07) is 3.65. The van der Waals surface area contributed by atoms with Gasteiger partial charge in [0, 0.05) is 51.9 Å². The van der Waals surface area contributed by atoms with E-state index in [1.807, 2.05) is 38.6 Å². The molecule has 0 radical (unpaired) electrons. The maximum atomic E-state index is 5.30. The van der Waals surface area contributed by atoms with Crippen molar-refractivity contribution in [1.29, 1.82) is 0 Å². The lowest BCUT2D eigenvalue weighted by Gasteiger charge is -2.21. The van der Waals surface area contributed by atoms with Crippen LogP contribution in [-0.2, 0) is 20.0 Å². The highest BCUT2D eigenvalue weighted by atomic mass is 16.3. The number of aryl methyl sites for hydroxylation is 1. The Bertz CT molecular complexity index is 833. The largest absolute Gasteiger partial charge is 0.461 e. The summed E-state index contributed by atoms with van der Waals surface area (Å²) in [4.78, 5) is 11.2. The predicted octanol–water partition coefficient (Wildman–Crippen LogP) is 1.44. The zero-order valence-corrected chi connectivity index (χ0v) is 15.3. The van der Waals surface area contributed by atoms with Gasteiger partial charge in [-0.2, -0.15) is 10.2 Å². The van der Waals surface area contributed by atoms with Crippen molar-refractivity contribution in [2.24, 2.45) is 12.0 Å². The molecule has 0 fully saturated rings. The number of nitrogens with zero attached hydrogens (tertiary/aromatic N) is 6. The van der Waals surface area contributed by atoms with E-state index in [9.17, 15) is 0 Å². The van der Waals surface area contributed by atoms with Crippen molar-refractivity contribution in [2.45, 2.75) is 19.9 Å². The number of furan rings is 1. The molecule has 3 heterocycles.